The standard InChI is InChI=1S/C7H10N4O3/c1-4-9-6(5(3-12)14-4)10-7(13)11(2)8/h3H,8H2,1-2H3,(H,10,13). The third-order valence-electron chi connectivity index (χ3n) is 1.41. The number of amides is 2. The monoisotopic (exact) mass is 198 g/mol. The van der Waals surface area contributed by atoms with Gasteiger partial charge in [0.1, 0.15) is 0 Å². The number of hydrogen-bond donors (Lipinski definition) is 2. The molecule has 0 aliphatic heterocycles. The molecule has 1 rings (SSSR count). The molecule has 0 saturated heterocycles. The Morgan fingerprint density at radius 1 is 1.71 bits per heavy atom. The second kappa shape index (κ2) is 3.88. The second-order valence-corrected chi connectivity index (χ2v) is 2.60. The summed E-state index contributed by atoms with van der Waals surface area (Å²) in [4.78, 5) is 25.3. The highest BCUT2D eigenvalue weighted by atomic mass is 16.4. The molecule has 76 valence electrons. The summed E-state index contributed by atoms with van der Waals surface area (Å²) < 4.78 is 4.89. The van der Waals surface area contributed by atoms with E-state index in [4.69, 9.17) is 10.3 Å². The molecule has 0 aromatic carbocycles. The van der Waals surface area contributed by atoms with Crippen molar-refractivity contribution in [2.45, 2.75) is 6.92 Å². The maximum atomic E-state index is 11.1. The summed E-state index contributed by atoms with van der Waals surface area (Å²) in [5.41, 5.74) is 0. The van der Waals surface area contributed by atoms with Crippen LogP contribution >= 0.6 is 0 Å². The molecule has 0 fully saturated rings. The van der Waals surface area contributed by atoms with Crippen molar-refractivity contribution in [2.75, 3.05) is 12.4 Å². The minimum Gasteiger partial charge on any atom is -0.436 e. The van der Waals surface area contributed by atoms with Gasteiger partial charge in [-0.3, -0.25) is 15.1 Å². The number of oxazole rings is 1. The first-order valence-corrected chi connectivity index (χ1v) is 3.76. The second-order valence-electron chi connectivity index (χ2n) is 2.60. The number of hydrogen-bond acceptors (Lipinski definition) is 5. The van der Waals surface area contributed by atoms with Gasteiger partial charge in [-0.15, -0.1) is 0 Å². The Morgan fingerprint density at radius 2 is 2.36 bits per heavy atom. The Labute approximate surface area is 79.8 Å². The molecular weight excluding hydrogens is 188 g/mol. The lowest BCUT2D eigenvalue weighted by molar-refractivity contribution is 0.110. The number of rotatable bonds is 2. The summed E-state index contributed by atoms with van der Waals surface area (Å²) in [6, 6.07) is -0.582. The predicted octanol–water partition coefficient (Wildman–Crippen LogP) is 0.133. The normalized spacial score (nSPS) is 9.64. The van der Waals surface area contributed by atoms with Gasteiger partial charge in [0, 0.05) is 14.0 Å². The van der Waals surface area contributed by atoms with Crippen LogP contribution in [0.2, 0.25) is 0 Å². The molecule has 0 saturated carbocycles. The van der Waals surface area contributed by atoms with Gasteiger partial charge in [-0.05, 0) is 0 Å². The Hall–Kier alpha value is -1.89. The zero-order valence-corrected chi connectivity index (χ0v) is 7.77. The van der Waals surface area contributed by atoms with Crippen molar-refractivity contribution in [1.29, 1.82) is 0 Å². The SMILES string of the molecule is Cc1nc(NC(=O)N(C)N)c(C=O)o1. The van der Waals surface area contributed by atoms with E-state index in [2.05, 4.69) is 10.3 Å². The highest BCUT2D eigenvalue weighted by Crippen LogP contribution is 2.13. The van der Waals surface area contributed by atoms with Crippen LogP contribution in [0.25, 0.3) is 0 Å². The van der Waals surface area contributed by atoms with Crippen LogP contribution in [0.1, 0.15) is 16.4 Å². The minimum atomic E-state index is -0.582. The molecule has 0 aliphatic rings. The fourth-order valence-electron chi connectivity index (χ4n) is 0.802. The molecule has 7 nitrogen and oxygen atoms in total. The Kier molecular flexibility index (Phi) is 2.82. The molecule has 7 heteroatoms. The fraction of sp³-hybridized carbons (Fsp3) is 0.286. The van der Waals surface area contributed by atoms with Crippen LogP contribution in [0, 0.1) is 6.92 Å². The Balaban J connectivity index is 2.85. The van der Waals surface area contributed by atoms with Gasteiger partial charge in [-0.1, -0.05) is 0 Å². The number of carbonyl (C=O) groups is 2. The van der Waals surface area contributed by atoms with Crippen LogP contribution < -0.4 is 11.2 Å². The highest BCUT2D eigenvalue weighted by molar-refractivity contribution is 5.92. The summed E-state index contributed by atoms with van der Waals surface area (Å²) >= 11 is 0. The molecule has 1 aromatic rings. The van der Waals surface area contributed by atoms with E-state index in [1.165, 1.54) is 7.05 Å². The van der Waals surface area contributed by atoms with Gasteiger partial charge in [0.2, 0.25) is 5.76 Å². The maximum Gasteiger partial charge on any atom is 0.336 e. The number of carbonyl (C=O) groups excluding carboxylic acids is 2. The summed E-state index contributed by atoms with van der Waals surface area (Å²) in [5.74, 6) is 5.49. The average molecular weight is 198 g/mol. The van der Waals surface area contributed by atoms with Crippen molar-refractivity contribution in [3.8, 4) is 0 Å². The zero-order chi connectivity index (χ0) is 10.7. The number of hydrazine groups is 1. The highest BCUT2D eigenvalue weighted by Gasteiger charge is 2.13. The number of nitrogens with two attached hydrogens (primary N) is 1. The summed E-state index contributed by atoms with van der Waals surface area (Å²) in [6.45, 7) is 1.56. The third kappa shape index (κ3) is 2.07. The van der Waals surface area contributed by atoms with E-state index in [-0.39, 0.29) is 11.6 Å². The summed E-state index contributed by atoms with van der Waals surface area (Å²) in [7, 11) is 1.36. The lowest BCUT2D eigenvalue weighted by atomic mass is 10.5. The van der Waals surface area contributed by atoms with Gasteiger partial charge >= 0.3 is 6.03 Å². The largest absolute Gasteiger partial charge is 0.436 e. The molecule has 1 heterocycles. The molecule has 2 amide bonds. The number of nitrogens with one attached hydrogen (secondary N) is 1. The number of anilines is 1. The average Bonchev–Trinajstić information content (AvgIpc) is 2.45. The lowest BCUT2D eigenvalue weighted by Gasteiger charge is -2.09. The first-order chi connectivity index (χ1) is 6.54. The van der Waals surface area contributed by atoms with E-state index in [1.807, 2.05) is 0 Å². The van der Waals surface area contributed by atoms with Crippen LogP contribution in [0.3, 0.4) is 0 Å². The molecule has 0 atom stereocenters. The van der Waals surface area contributed by atoms with E-state index in [9.17, 15) is 9.59 Å². The smallest absolute Gasteiger partial charge is 0.336 e. The third-order valence-corrected chi connectivity index (χ3v) is 1.41. The van der Waals surface area contributed by atoms with Gasteiger partial charge in [0.25, 0.3) is 0 Å². The molecule has 0 radical (unpaired) electrons. The van der Waals surface area contributed by atoms with Gasteiger partial charge in [-0.25, -0.2) is 10.6 Å². The number of aromatic nitrogens is 1. The van der Waals surface area contributed by atoms with E-state index in [0.717, 1.165) is 5.01 Å². The molecule has 0 spiro atoms. The summed E-state index contributed by atoms with van der Waals surface area (Å²) in [5, 5.41) is 3.14. The van der Waals surface area contributed by atoms with Crippen molar-refractivity contribution in [2.24, 2.45) is 5.84 Å². The van der Waals surface area contributed by atoms with Gasteiger partial charge in [0.05, 0.1) is 0 Å². The van der Waals surface area contributed by atoms with Crippen molar-refractivity contribution in [1.82, 2.24) is 9.99 Å². The topological polar surface area (TPSA) is 101 Å². The quantitative estimate of drug-likeness (QED) is 0.304. The number of nitrogens with zero attached hydrogens (tertiary/aromatic N) is 2. The van der Waals surface area contributed by atoms with Gasteiger partial charge in [0.15, 0.2) is 18.0 Å². The van der Waals surface area contributed by atoms with Crippen LogP contribution in [-0.4, -0.2) is 29.4 Å². The molecule has 1 aromatic heterocycles. The van der Waals surface area contributed by atoms with Crippen molar-refractivity contribution >= 4 is 18.1 Å². The van der Waals surface area contributed by atoms with Crippen LogP contribution in [-0.2, 0) is 0 Å². The van der Waals surface area contributed by atoms with E-state index < -0.39 is 6.03 Å². The molecule has 0 bridgehead atoms. The Bertz CT molecular complexity index is 358. The van der Waals surface area contributed by atoms with Gasteiger partial charge < -0.3 is 4.42 Å². The number of urea groups is 1. The first-order valence-electron chi connectivity index (χ1n) is 3.76. The summed E-state index contributed by atoms with van der Waals surface area (Å²) in [6.07, 6.45) is 0.464. The molecule has 3 N–H and O–H groups in total. The Morgan fingerprint density at radius 3 is 2.86 bits per heavy atom. The predicted molar refractivity (Wildman–Crippen MR) is 47.6 cm³/mol. The van der Waals surface area contributed by atoms with Crippen molar-refractivity contribution < 1.29 is 14.0 Å². The minimum absolute atomic E-state index is 0.0299. The molecule has 0 unspecified atom stereocenters. The molecular formula is C7H10N4O3. The van der Waals surface area contributed by atoms with Crippen molar-refractivity contribution in [3.63, 3.8) is 0 Å². The van der Waals surface area contributed by atoms with Crippen LogP contribution in [0.5, 0.6) is 0 Å². The maximum absolute atomic E-state index is 11.1. The first kappa shape index (κ1) is 10.2. The molecule has 14 heavy (non-hydrogen) atoms. The zero-order valence-electron chi connectivity index (χ0n) is 7.77. The van der Waals surface area contributed by atoms with E-state index in [1.54, 1.807) is 6.92 Å². The van der Waals surface area contributed by atoms with Gasteiger partial charge in [-0.2, -0.15) is 4.98 Å². The lowest BCUT2D eigenvalue weighted by Crippen LogP contribution is -2.37. The van der Waals surface area contributed by atoms with Crippen molar-refractivity contribution in [3.05, 3.63) is 11.7 Å². The van der Waals surface area contributed by atoms with E-state index >= 15 is 0 Å². The van der Waals surface area contributed by atoms with Crippen LogP contribution in [0.4, 0.5) is 10.6 Å². The van der Waals surface area contributed by atoms with E-state index in [0.29, 0.717) is 12.2 Å². The van der Waals surface area contributed by atoms with Crippen LogP contribution in [0.15, 0.2) is 4.42 Å². The number of aryl methyl sites for hydroxylation is 1. The fourth-order valence-corrected chi connectivity index (χ4v) is 0.802. The number of aldehydes is 1. The molecule has 0 aliphatic carbocycles.